The lowest BCUT2D eigenvalue weighted by Crippen LogP contribution is -2.50. The molecule has 9 heteroatoms. The maximum Gasteiger partial charge on any atom is 0.264 e. The van der Waals surface area contributed by atoms with Gasteiger partial charge < -0.3 is 10.2 Å². The van der Waals surface area contributed by atoms with Crippen LogP contribution in [0.5, 0.6) is 0 Å². The molecule has 196 valence electrons. The van der Waals surface area contributed by atoms with Gasteiger partial charge in [0.15, 0.2) is 0 Å². The van der Waals surface area contributed by atoms with Crippen molar-refractivity contribution in [2.75, 3.05) is 17.9 Å². The third-order valence-corrected chi connectivity index (χ3v) is 8.50. The second kappa shape index (κ2) is 11.9. The van der Waals surface area contributed by atoms with Gasteiger partial charge in [-0.3, -0.25) is 13.9 Å². The predicted octanol–water partition coefficient (Wildman–Crippen LogP) is 4.73. The number of benzene rings is 3. The second-order valence-corrected chi connectivity index (χ2v) is 11.8. The third-order valence-electron chi connectivity index (χ3n) is 6.20. The molecule has 0 aromatic heterocycles. The molecule has 0 aliphatic carbocycles. The summed E-state index contributed by atoms with van der Waals surface area (Å²) in [5.74, 6) is -0.833. The van der Waals surface area contributed by atoms with Crippen LogP contribution in [0.4, 0.5) is 5.69 Å². The lowest BCUT2D eigenvalue weighted by atomic mass is 10.1. The van der Waals surface area contributed by atoms with Gasteiger partial charge in [-0.15, -0.1) is 0 Å². The Hall–Kier alpha value is -3.17. The van der Waals surface area contributed by atoms with E-state index in [0.29, 0.717) is 11.3 Å². The van der Waals surface area contributed by atoms with Gasteiger partial charge in [0.1, 0.15) is 12.6 Å². The van der Waals surface area contributed by atoms with E-state index in [1.165, 1.54) is 11.9 Å². The van der Waals surface area contributed by atoms with Gasteiger partial charge in [-0.2, -0.15) is 0 Å². The smallest absolute Gasteiger partial charge is 0.264 e. The van der Waals surface area contributed by atoms with E-state index in [4.69, 9.17) is 0 Å². The number of hydrogen-bond acceptors (Lipinski definition) is 4. The number of aryl methyl sites for hydroxylation is 3. The van der Waals surface area contributed by atoms with Crippen LogP contribution in [0, 0.1) is 20.8 Å². The molecule has 2 amide bonds. The molecule has 0 radical (unpaired) electrons. The molecule has 3 aromatic rings. The fraction of sp³-hybridized carbons (Fsp3) is 0.286. The fourth-order valence-corrected chi connectivity index (χ4v) is 5.65. The van der Waals surface area contributed by atoms with E-state index in [-0.39, 0.29) is 17.3 Å². The molecule has 1 N–H and O–H groups in total. The van der Waals surface area contributed by atoms with Crippen molar-refractivity contribution in [3.63, 3.8) is 0 Å². The van der Waals surface area contributed by atoms with Gasteiger partial charge in [-0.1, -0.05) is 57.9 Å². The quantitative estimate of drug-likeness (QED) is 0.393. The molecule has 0 unspecified atom stereocenters. The van der Waals surface area contributed by atoms with Gasteiger partial charge in [-0.25, -0.2) is 8.42 Å². The van der Waals surface area contributed by atoms with E-state index in [2.05, 4.69) is 21.2 Å². The van der Waals surface area contributed by atoms with Crippen molar-refractivity contribution in [3.05, 3.63) is 93.5 Å². The summed E-state index contributed by atoms with van der Waals surface area (Å²) in [5, 5.41) is 2.59. The largest absolute Gasteiger partial charge is 0.357 e. The number of nitrogens with zero attached hydrogens (tertiary/aromatic N) is 2. The number of halogens is 1. The van der Waals surface area contributed by atoms with Crippen molar-refractivity contribution in [3.8, 4) is 0 Å². The molecule has 0 spiro atoms. The average Bonchev–Trinajstić information content (AvgIpc) is 2.87. The summed E-state index contributed by atoms with van der Waals surface area (Å²) < 4.78 is 29.8. The van der Waals surface area contributed by atoms with Gasteiger partial charge in [0, 0.05) is 18.1 Å². The van der Waals surface area contributed by atoms with Crippen LogP contribution in [-0.2, 0) is 26.2 Å². The minimum atomic E-state index is -4.09. The first kappa shape index (κ1) is 28.4. The van der Waals surface area contributed by atoms with Crippen molar-refractivity contribution in [1.29, 1.82) is 0 Å². The van der Waals surface area contributed by atoms with Crippen LogP contribution in [-0.4, -0.2) is 44.8 Å². The SMILES string of the molecule is CNC(=O)[C@H](C)N(Cc1ccc(Br)cc1)C(=O)CN(c1cc(C)ccc1C)S(=O)(=O)c1ccc(C)cc1. The van der Waals surface area contributed by atoms with Crippen LogP contribution >= 0.6 is 15.9 Å². The van der Waals surface area contributed by atoms with E-state index in [1.54, 1.807) is 37.3 Å². The lowest BCUT2D eigenvalue weighted by molar-refractivity contribution is -0.139. The summed E-state index contributed by atoms with van der Waals surface area (Å²) in [5.41, 5.74) is 3.74. The Labute approximate surface area is 227 Å². The highest BCUT2D eigenvalue weighted by atomic mass is 79.9. The summed E-state index contributed by atoms with van der Waals surface area (Å²) in [6, 6.07) is 18.6. The van der Waals surface area contributed by atoms with E-state index in [1.807, 2.05) is 57.2 Å². The van der Waals surface area contributed by atoms with E-state index < -0.39 is 28.5 Å². The van der Waals surface area contributed by atoms with Crippen LogP contribution in [0.1, 0.15) is 29.2 Å². The first-order valence-corrected chi connectivity index (χ1v) is 14.1. The molecule has 3 rings (SSSR count). The van der Waals surface area contributed by atoms with Gasteiger partial charge in [-0.05, 0) is 74.7 Å². The number of carbonyl (C=O) groups excluding carboxylic acids is 2. The number of sulfonamides is 1. The van der Waals surface area contributed by atoms with Gasteiger partial charge in [0.2, 0.25) is 11.8 Å². The molecule has 0 fully saturated rings. The normalized spacial score (nSPS) is 12.1. The highest BCUT2D eigenvalue weighted by Gasteiger charge is 2.33. The topological polar surface area (TPSA) is 86.8 Å². The Balaban J connectivity index is 2.07. The summed E-state index contributed by atoms with van der Waals surface area (Å²) in [6.45, 7) is 6.87. The van der Waals surface area contributed by atoms with Crippen LogP contribution in [0.15, 0.2) is 76.1 Å². The van der Waals surface area contributed by atoms with Crippen molar-refractivity contribution in [2.45, 2.75) is 45.2 Å². The summed E-state index contributed by atoms with van der Waals surface area (Å²) in [6.07, 6.45) is 0. The number of rotatable bonds is 9. The standard InChI is InChI=1S/C28H32BrN3O4S/c1-19-7-14-25(15-8-19)37(35,36)32(26-16-20(2)6-9-21(26)3)18-27(33)31(22(4)28(34)30-5)17-23-10-12-24(29)13-11-23/h6-16,22H,17-18H2,1-5H3,(H,30,34)/t22-/m0/s1. The molecule has 0 heterocycles. The minimum absolute atomic E-state index is 0.0885. The van der Waals surface area contributed by atoms with Crippen LogP contribution in [0.25, 0.3) is 0 Å². The van der Waals surface area contributed by atoms with E-state index >= 15 is 0 Å². The minimum Gasteiger partial charge on any atom is -0.357 e. The van der Waals surface area contributed by atoms with Gasteiger partial charge >= 0.3 is 0 Å². The van der Waals surface area contributed by atoms with Gasteiger partial charge in [0.25, 0.3) is 10.0 Å². The number of anilines is 1. The predicted molar refractivity (Wildman–Crippen MR) is 150 cm³/mol. The first-order chi connectivity index (χ1) is 17.4. The molecule has 0 bridgehead atoms. The Morgan fingerprint density at radius 2 is 1.51 bits per heavy atom. The van der Waals surface area contributed by atoms with Crippen molar-refractivity contribution >= 4 is 43.5 Å². The molecule has 3 aromatic carbocycles. The average molecular weight is 587 g/mol. The second-order valence-electron chi connectivity index (χ2n) is 9.05. The number of hydrogen-bond donors (Lipinski definition) is 1. The zero-order valence-corrected chi connectivity index (χ0v) is 24.1. The fourth-order valence-electron chi connectivity index (χ4n) is 3.92. The summed E-state index contributed by atoms with van der Waals surface area (Å²) in [7, 11) is -2.58. The maximum absolute atomic E-state index is 13.9. The van der Waals surface area contributed by atoms with Crippen molar-refractivity contribution < 1.29 is 18.0 Å². The van der Waals surface area contributed by atoms with Crippen LogP contribution < -0.4 is 9.62 Å². The number of likely N-dealkylation sites (N-methyl/N-ethyl adjacent to an activating group) is 1. The zero-order valence-electron chi connectivity index (χ0n) is 21.7. The molecule has 0 aliphatic heterocycles. The lowest BCUT2D eigenvalue weighted by Gasteiger charge is -2.32. The molecule has 1 atom stereocenters. The number of nitrogens with one attached hydrogen (secondary N) is 1. The van der Waals surface area contributed by atoms with E-state index in [9.17, 15) is 18.0 Å². The highest BCUT2D eigenvalue weighted by molar-refractivity contribution is 9.10. The number of carbonyl (C=O) groups is 2. The van der Waals surface area contributed by atoms with Crippen LogP contribution in [0.3, 0.4) is 0 Å². The van der Waals surface area contributed by atoms with Crippen molar-refractivity contribution in [2.24, 2.45) is 0 Å². The first-order valence-electron chi connectivity index (χ1n) is 11.9. The molecule has 0 saturated heterocycles. The summed E-state index contributed by atoms with van der Waals surface area (Å²) >= 11 is 3.41. The Morgan fingerprint density at radius 1 is 0.919 bits per heavy atom. The van der Waals surface area contributed by atoms with E-state index in [0.717, 1.165) is 25.5 Å². The maximum atomic E-state index is 13.9. The molecule has 7 nitrogen and oxygen atoms in total. The van der Waals surface area contributed by atoms with Crippen LogP contribution in [0.2, 0.25) is 0 Å². The van der Waals surface area contributed by atoms with Crippen molar-refractivity contribution in [1.82, 2.24) is 10.2 Å². The molecule has 0 saturated carbocycles. The molecule has 0 aliphatic rings. The molecular weight excluding hydrogens is 554 g/mol. The monoisotopic (exact) mass is 585 g/mol. The molecular formula is C28H32BrN3O4S. The number of amides is 2. The Bertz CT molecular complexity index is 1370. The Morgan fingerprint density at radius 3 is 2.11 bits per heavy atom. The Kier molecular flexibility index (Phi) is 9.15. The summed E-state index contributed by atoms with van der Waals surface area (Å²) in [4.78, 5) is 27.9. The zero-order chi connectivity index (χ0) is 27.3. The molecule has 37 heavy (non-hydrogen) atoms. The van der Waals surface area contributed by atoms with Gasteiger partial charge in [0.05, 0.1) is 10.6 Å². The third kappa shape index (κ3) is 6.78. The highest BCUT2D eigenvalue weighted by Crippen LogP contribution is 2.28.